The number of nitrogen functional groups attached to an aromatic ring is 1. The summed E-state index contributed by atoms with van der Waals surface area (Å²) in [5.41, 5.74) is 9.75. The number of aromatic nitrogens is 3. The quantitative estimate of drug-likeness (QED) is 0.326. The molecule has 0 fully saturated rings. The van der Waals surface area contributed by atoms with Crippen molar-refractivity contribution >= 4 is 17.3 Å². The molecule has 1 unspecified atom stereocenters. The summed E-state index contributed by atoms with van der Waals surface area (Å²) in [5.74, 6) is 0.0324. The maximum absolute atomic E-state index is 13.6. The molecule has 0 saturated carbocycles. The van der Waals surface area contributed by atoms with Crippen LogP contribution in [-0.4, -0.2) is 22.2 Å². The first-order chi connectivity index (χ1) is 15.4. The number of anilines is 1. The first-order valence-corrected chi connectivity index (χ1v) is 10.5. The van der Waals surface area contributed by atoms with E-state index in [9.17, 15) is 9.50 Å². The van der Waals surface area contributed by atoms with Crippen molar-refractivity contribution in [3.05, 3.63) is 88.8 Å². The van der Waals surface area contributed by atoms with E-state index < -0.39 is 5.60 Å². The standard InChI is InChI=1S/C24H21ClFN4O2/c1-32-30-13-16(19-11-17(25)5-6-20(19)27)9-15-7-8-24(31,22(15)30)23-28-12-21(29-23)14-3-2-4-18(26)10-14/h2-6,9-13,31H,7-8,27H2,1H3,(H,28,29)/q+1. The Labute approximate surface area is 189 Å². The van der Waals surface area contributed by atoms with E-state index >= 15 is 0 Å². The highest BCUT2D eigenvalue weighted by Gasteiger charge is 2.50. The number of aliphatic hydroxyl groups is 1. The lowest BCUT2D eigenvalue weighted by molar-refractivity contribution is -0.893. The number of hydrogen-bond acceptors (Lipinski definition) is 4. The fraction of sp³-hybridized carbons (Fsp3) is 0.167. The predicted molar refractivity (Wildman–Crippen MR) is 119 cm³/mol. The van der Waals surface area contributed by atoms with Gasteiger partial charge in [-0.3, -0.25) is 4.84 Å². The fourth-order valence-electron chi connectivity index (χ4n) is 4.33. The van der Waals surface area contributed by atoms with Crippen molar-refractivity contribution in [1.29, 1.82) is 0 Å². The Morgan fingerprint density at radius 2 is 2.06 bits per heavy atom. The highest BCUT2D eigenvalue weighted by atomic mass is 35.5. The van der Waals surface area contributed by atoms with Crippen LogP contribution in [0.25, 0.3) is 22.4 Å². The number of benzene rings is 2. The Balaban J connectivity index is 1.60. The van der Waals surface area contributed by atoms with Crippen LogP contribution in [0.4, 0.5) is 10.1 Å². The molecule has 4 aromatic rings. The number of aryl methyl sites for hydroxylation is 1. The van der Waals surface area contributed by atoms with Crippen LogP contribution < -0.4 is 15.3 Å². The van der Waals surface area contributed by atoms with E-state index in [1.165, 1.54) is 19.2 Å². The number of nitrogens with zero attached hydrogens (tertiary/aromatic N) is 2. The van der Waals surface area contributed by atoms with Gasteiger partial charge < -0.3 is 15.8 Å². The van der Waals surface area contributed by atoms with E-state index in [4.69, 9.17) is 22.2 Å². The van der Waals surface area contributed by atoms with Crippen molar-refractivity contribution in [3.8, 4) is 22.4 Å². The van der Waals surface area contributed by atoms with Crippen LogP contribution in [0.2, 0.25) is 5.02 Å². The Morgan fingerprint density at radius 3 is 2.84 bits per heavy atom. The van der Waals surface area contributed by atoms with E-state index in [-0.39, 0.29) is 5.82 Å². The van der Waals surface area contributed by atoms with Crippen molar-refractivity contribution in [2.75, 3.05) is 12.8 Å². The number of aromatic amines is 1. The number of pyridine rings is 1. The van der Waals surface area contributed by atoms with E-state index in [0.29, 0.717) is 46.3 Å². The van der Waals surface area contributed by atoms with Gasteiger partial charge in [0, 0.05) is 32.1 Å². The molecule has 0 saturated heterocycles. The summed E-state index contributed by atoms with van der Waals surface area (Å²) in [7, 11) is 1.53. The summed E-state index contributed by atoms with van der Waals surface area (Å²) in [6.07, 6.45) is 4.39. The molecule has 6 nitrogen and oxygen atoms in total. The Bertz CT molecular complexity index is 1340. The number of H-pyrrole nitrogens is 1. The highest BCUT2D eigenvalue weighted by Crippen LogP contribution is 2.41. The molecule has 0 aliphatic heterocycles. The molecular weight excluding hydrogens is 431 g/mol. The Hall–Kier alpha value is -3.42. The van der Waals surface area contributed by atoms with Gasteiger partial charge in [0.15, 0.2) is 0 Å². The zero-order chi connectivity index (χ0) is 22.5. The molecule has 32 heavy (non-hydrogen) atoms. The first kappa shape index (κ1) is 20.5. The van der Waals surface area contributed by atoms with Crippen LogP contribution in [0, 0.1) is 5.82 Å². The highest BCUT2D eigenvalue weighted by molar-refractivity contribution is 6.31. The minimum Gasteiger partial charge on any atom is -0.398 e. The van der Waals surface area contributed by atoms with Gasteiger partial charge in [-0.15, -0.1) is 0 Å². The lowest BCUT2D eigenvalue weighted by Gasteiger charge is -2.18. The van der Waals surface area contributed by atoms with Crippen molar-refractivity contribution in [3.63, 3.8) is 0 Å². The minimum absolute atomic E-state index is 0.339. The average molecular weight is 452 g/mol. The molecule has 0 radical (unpaired) electrons. The molecule has 162 valence electrons. The van der Waals surface area contributed by atoms with Crippen LogP contribution in [0.1, 0.15) is 23.5 Å². The smallest absolute Gasteiger partial charge is 0.276 e. The fourth-order valence-corrected chi connectivity index (χ4v) is 4.50. The maximum Gasteiger partial charge on any atom is 0.276 e. The van der Waals surface area contributed by atoms with Crippen molar-refractivity contribution in [2.45, 2.75) is 18.4 Å². The molecule has 0 bridgehead atoms. The van der Waals surface area contributed by atoms with Gasteiger partial charge >= 0.3 is 0 Å². The van der Waals surface area contributed by atoms with Crippen molar-refractivity contribution < 1.29 is 19.1 Å². The number of halogens is 2. The molecule has 2 aromatic carbocycles. The SMILES string of the molecule is CO[n+]1cc(-c2cc(Cl)ccc2N)cc2c1C(O)(c1ncc(-c3cccc(F)c3)[nH]1)CC2. The third-order valence-corrected chi connectivity index (χ3v) is 6.12. The van der Waals surface area contributed by atoms with Gasteiger partial charge in [0.25, 0.3) is 5.69 Å². The lowest BCUT2D eigenvalue weighted by atomic mass is 9.98. The van der Waals surface area contributed by atoms with Gasteiger partial charge in [-0.25, -0.2) is 9.37 Å². The molecule has 2 aromatic heterocycles. The largest absolute Gasteiger partial charge is 0.398 e. The third kappa shape index (κ3) is 3.30. The molecule has 0 spiro atoms. The minimum atomic E-state index is -1.39. The van der Waals surface area contributed by atoms with E-state index in [0.717, 1.165) is 16.7 Å². The molecule has 1 aliphatic rings. The van der Waals surface area contributed by atoms with Crippen LogP contribution >= 0.6 is 11.6 Å². The normalized spacial score (nSPS) is 17.4. The van der Waals surface area contributed by atoms with Crippen LogP contribution in [0.3, 0.4) is 0 Å². The number of imidazole rings is 1. The van der Waals surface area contributed by atoms with Gasteiger partial charge in [0.1, 0.15) is 18.8 Å². The topological polar surface area (TPSA) is 88.0 Å². The number of nitrogens with two attached hydrogens (primary N) is 1. The summed E-state index contributed by atoms with van der Waals surface area (Å²) in [5, 5.41) is 12.3. The second-order valence-electron chi connectivity index (χ2n) is 7.86. The number of rotatable bonds is 4. The Kier molecular flexibility index (Phi) is 4.87. The maximum atomic E-state index is 13.6. The molecule has 2 heterocycles. The molecule has 1 aliphatic carbocycles. The zero-order valence-corrected chi connectivity index (χ0v) is 18.0. The van der Waals surface area contributed by atoms with Crippen LogP contribution in [0.15, 0.2) is 60.9 Å². The molecule has 8 heteroatoms. The van der Waals surface area contributed by atoms with Crippen LogP contribution in [-0.2, 0) is 12.0 Å². The van der Waals surface area contributed by atoms with Crippen LogP contribution in [0.5, 0.6) is 0 Å². The number of fused-ring (bicyclic) bond motifs is 1. The molecular formula is C24H21ClFN4O2+. The molecule has 4 N–H and O–H groups in total. The zero-order valence-electron chi connectivity index (χ0n) is 17.3. The van der Waals surface area contributed by atoms with E-state index in [2.05, 4.69) is 9.97 Å². The van der Waals surface area contributed by atoms with Gasteiger partial charge in [-0.05, 0) is 49.2 Å². The van der Waals surface area contributed by atoms with Gasteiger partial charge in [-0.2, -0.15) is 0 Å². The number of nitrogens with one attached hydrogen (secondary N) is 1. The van der Waals surface area contributed by atoms with Gasteiger partial charge in [0.05, 0.1) is 17.5 Å². The van der Waals surface area contributed by atoms with Crippen molar-refractivity contribution in [1.82, 2.24) is 9.97 Å². The van der Waals surface area contributed by atoms with E-state index in [1.54, 1.807) is 47.5 Å². The van der Waals surface area contributed by atoms with E-state index in [1.807, 2.05) is 6.07 Å². The second-order valence-corrected chi connectivity index (χ2v) is 8.30. The summed E-state index contributed by atoms with van der Waals surface area (Å²) in [6, 6.07) is 13.5. The monoisotopic (exact) mass is 451 g/mol. The second kappa shape index (κ2) is 7.62. The van der Waals surface area contributed by atoms with Crippen molar-refractivity contribution in [2.24, 2.45) is 0 Å². The summed E-state index contributed by atoms with van der Waals surface area (Å²) in [4.78, 5) is 13.2. The summed E-state index contributed by atoms with van der Waals surface area (Å²) in [6.45, 7) is 0. The Morgan fingerprint density at radius 1 is 1.22 bits per heavy atom. The first-order valence-electron chi connectivity index (χ1n) is 10.1. The average Bonchev–Trinajstić information content (AvgIpc) is 3.41. The summed E-state index contributed by atoms with van der Waals surface area (Å²) < 4.78 is 15.2. The molecule has 5 rings (SSSR count). The lowest BCUT2D eigenvalue weighted by Crippen LogP contribution is -2.50. The molecule has 1 atom stereocenters. The van der Waals surface area contributed by atoms with Gasteiger partial charge in [0.2, 0.25) is 11.8 Å². The number of hydrogen-bond donors (Lipinski definition) is 3. The predicted octanol–water partition coefficient (Wildman–Crippen LogP) is 3.65. The third-order valence-electron chi connectivity index (χ3n) is 5.88. The van der Waals surface area contributed by atoms with Gasteiger partial charge in [-0.1, -0.05) is 23.7 Å². The molecule has 0 amide bonds. The summed E-state index contributed by atoms with van der Waals surface area (Å²) >= 11 is 6.18.